The van der Waals surface area contributed by atoms with Crippen LogP contribution in [0, 0.1) is 12.3 Å². The van der Waals surface area contributed by atoms with Crippen molar-refractivity contribution in [2.75, 3.05) is 19.6 Å². The second kappa shape index (κ2) is 6.63. The molecular weight excluding hydrogens is 336 g/mol. The van der Waals surface area contributed by atoms with Crippen LogP contribution in [0.3, 0.4) is 0 Å². The average Bonchev–Trinajstić information content (AvgIpc) is 2.97. The molecule has 1 atom stereocenters. The zero-order valence-electron chi connectivity index (χ0n) is 15.1. The lowest BCUT2D eigenvalue weighted by molar-refractivity contribution is -0.147. The Morgan fingerprint density at radius 2 is 1.85 bits per heavy atom. The molecule has 2 amide bonds. The molecule has 1 spiro atoms. The number of carbonyl (C=O) groups excluding carboxylic acids is 2. The van der Waals surface area contributed by atoms with Gasteiger partial charge in [-0.05, 0) is 49.3 Å². The minimum Gasteiger partial charge on any atom is -0.508 e. The quantitative estimate of drug-likeness (QED) is 0.835. The number of carboxylic acid groups (broad SMARTS) is 1. The van der Waals surface area contributed by atoms with E-state index in [1.54, 1.807) is 24.0 Å². The zero-order valence-corrected chi connectivity index (χ0v) is 15.1. The lowest BCUT2D eigenvalue weighted by atomic mass is 9.76. The molecule has 0 bridgehead atoms. The van der Waals surface area contributed by atoms with Gasteiger partial charge in [-0.3, -0.25) is 9.59 Å². The number of nitrogens with zero attached hydrogens (tertiary/aromatic N) is 2. The first-order valence-corrected chi connectivity index (χ1v) is 8.81. The molecule has 2 heterocycles. The van der Waals surface area contributed by atoms with E-state index in [-0.39, 0.29) is 23.0 Å². The maximum atomic E-state index is 12.7. The SMILES string of the molecule is CC(=O)N1CC2(CCN(C(=O)c3ccc(C)c(O)c3)CC2)C[C@H]1C(=O)O. The van der Waals surface area contributed by atoms with Crippen LogP contribution >= 0.6 is 0 Å². The van der Waals surface area contributed by atoms with Crippen molar-refractivity contribution in [2.24, 2.45) is 5.41 Å². The molecule has 2 fully saturated rings. The standard InChI is InChI=1S/C19H24N2O5/c1-12-3-4-14(9-16(12)23)17(24)20-7-5-19(6-8-20)10-15(18(25)26)21(11-19)13(2)22/h3-4,9,15,23H,5-8,10-11H2,1-2H3,(H,25,26)/t15-/m0/s1. The largest absolute Gasteiger partial charge is 0.508 e. The first kappa shape index (κ1) is 18.2. The molecule has 0 aromatic heterocycles. The van der Waals surface area contributed by atoms with Crippen molar-refractivity contribution < 1.29 is 24.6 Å². The topological polar surface area (TPSA) is 98.2 Å². The highest BCUT2D eigenvalue weighted by atomic mass is 16.4. The van der Waals surface area contributed by atoms with Crippen molar-refractivity contribution in [3.63, 3.8) is 0 Å². The van der Waals surface area contributed by atoms with Crippen LogP contribution in [0.25, 0.3) is 0 Å². The van der Waals surface area contributed by atoms with Gasteiger partial charge in [0, 0.05) is 32.1 Å². The predicted octanol–water partition coefficient (Wildman–Crippen LogP) is 1.63. The van der Waals surface area contributed by atoms with Crippen LogP contribution in [0.15, 0.2) is 18.2 Å². The second-order valence-corrected chi connectivity index (χ2v) is 7.50. The number of phenols is 1. The summed E-state index contributed by atoms with van der Waals surface area (Å²) in [5, 5.41) is 19.2. The number of hydrogen-bond acceptors (Lipinski definition) is 4. The molecule has 7 heteroatoms. The van der Waals surface area contributed by atoms with Gasteiger partial charge in [-0.1, -0.05) is 6.07 Å². The lowest BCUT2D eigenvalue weighted by Gasteiger charge is -2.39. The number of likely N-dealkylation sites (tertiary alicyclic amines) is 2. The van der Waals surface area contributed by atoms with E-state index < -0.39 is 12.0 Å². The normalized spacial score (nSPS) is 21.8. The van der Waals surface area contributed by atoms with Crippen LogP contribution in [0.4, 0.5) is 0 Å². The number of hydrogen-bond donors (Lipinski definition) is 2. The average molecular weight is 360 g/mol. The molecule has 2 aliphatic rings. The summed E-state index contributed by atoms with van der Waals surface area (Å²) in [6.07, 6.45) is 1.78. The summed E-state index contributed by atoms with van der Waals surface area (Å²) in [5.74, 6) is -1.22. The summed E-state index contributed by atoms with van der Waals surface area (Å²) in [6.45, 7) is 4.65. The first-order valence-electron chi connectivity index (χ1n) is 8.81. The minimum absolute atomic E-state index is 0.0986. The Hall–Kier alpha value is -2.57. The number of rotatable bonds is 2. The van der Waals surface area contributed by atoms with Crippen molar-refractivity contribution in [1.29, 1.82) is 0 Å². The molecule has 3 rings (SSSR count). The van der Waals surface area contributed by atoms with E-state index in [0.29, 0.717) is 50.0 Å². The molecule has 7 nitrogen and oxygen atoms in total. The highest BCUT2D eigenvalue weighted by molar-refractivity contribution is 5.94. The van der Waals surface area contributed by atoms with E-state index in [4.69, 9.17) is 0 Å². The Morgan fingerprint density at radius 1 is 1.19 bits per heavy atom. The van der Waals surface area contributed by atoms with Gasteiger partial charge in [-0.15, -0.1) is 0 Å². The first-order chi connectivity index (χ1) is 12.2. The van der Waals surface area contributed by atoms with Crippen LogP contribution in [-0.4, -0.2) is 63.5 Å². The Kier molecular flexibility index (Phi) is 4.64. The van der Waals surface area contributed by atoms with Crippen molar-refractivity contribution in [3.05, 3.63) is 29.3 Å². The molecule has 1 aromatic rings. The van der Waals surface area contributed by atoms with E-state index in [1.165, 1.54) is 17.9 Å². The minimum atomic E-state index is -0.967. The molecule has 2 aliphatic heterocycles. The number of amides is 2. The number of phenolic OH excluding ortho intramolecular Hbond substituents is 1. The number of piperidine rings is 1. The Labute approximate surface area is 152 Å². The molecule has 0 aliphatic carbocycles. The van der Waals surface area contributed by atoms with E-state index >= 15 is 0 Å². The monoisotopic (exact) mass is 360 g/mol. The van der Waals surface area contributed by atoms with E-state index in [2.05, 4.69) is 0 Å². The summed E-state index contributed by atoms with van der Waals surface area (Å²) >= 11 is 0. The molecule has 1 aromatic carbocycles. The third kappa shape index (κ3) is 3.25. The van der Waals surface area contributed by atoms with E-state index in [0.717, 1.165) is 0 Å². The number of benzene rings is 1. The fourth-order valence-corrected chi connectivity index (χ4v) is 4.08. The third-order valence-electron chi connectivity index (χ3n) is 5.77. The fourth-order valence-electron chi connectivity index (χ4n) is 4.08. The Bertz CT molecular complexity index is 728. The van der Waals surface area contributed by atoms with Crippen LogP contribution in [0.5, 0.6) is 5.75 Å². The van der Waals surface area contributed by atoms with Crippen molar-refractivity contribution in [1.82, 2.24) is 9.80 Å². The van der Waals surface area contributed by atoms with Crippen LogP contribution < -0.4 is 0 Å². The van der Waals surface area contributed by atoms with Gasteiger partial charge in [0.25, 0.3) is 5.91 Å². The molecule has 0 saturated carbocycles. The number of aliphatic carboxylic acids is 1. The van der Waals surface area contributed by atoms with Gasteiger partial charge in [-0.2, -0.15) is 0 Å². The van der Waals surface area contributed by atoms with Gasteiger partial charge < -0.3 is 20.0 Å². The number of aromatic hydroxyl groups is 1. The summed E-state index contributed by atoms with van der Waals surface area (Å²) in [4.78, 5) is 39.1. The van der Waals surface area contributed by atoms with Gasteiger partial charge in [0.15, 0.2) is 0 Å². The molecule has 0 radical (unpaired) electrons. The van der Waals surface area contributed by atoms with E-state index in [9.17, 15) is 24.6 Å². The number of aryl methyl sites for hydroxylation is 1. The third-order valence-corrected chi connectivity index (χ3v) is 5.77. The van der Waals surface area contributed by atoms with Gasteiger partial charge in [0.2, 0.25) is 5.91 Å². The molecule has 0 unspecified atom stereocenters. The van der Waals surface area contributed by atoms with Crippen molar-refractivity contribution in [3.8, 4) is 5.75 Å². The summed E-state index contributed by atoms with van der Waals surface area (Å²) in [5.41, 5.74) is 0.930. The zero-order chi connectivity index (χ0) is 19.1. The maximum Gasteiger partial charge on any atom is 0.326 e. The predicted molar refractivity (Wildman–Crippen MR) is 93.8 cm³/mol. The Balaban J connectivity index is 1.69. The van der Waals surface area contributed by atoms with Crippen LogP contribution in [0.1, 0.15) is 42.1 Å². The summed E-state index contributed by atoms with van der Waals surface area (Å²) in [6, 6.07) is 4.13. The smallest absolute Gasteiger partial charge is 0.326 e. The van der Waals surface area contributed by atoms with Crippen LogP contribution in [0.2, 0.25) is 0 Å². The number of carboxylic acids is 1. The van der Waals surface area contributed by atoms with Gasteiger partial charge >= 0.3 is 5.97 Å². The molecule has 2 N–H and O–H groups in total. The van der Waals surface area contributed by atoms with Gasteiger partial charge in [0.05, 0.1) is 0 Å². The fraction of sp³-hybridized carbons (Fsp3) is 0.526. The molecule has 140 valence electrons. The van der Waals surface area contributed by atoms with Gasteiger partial charge in [-0.25, -0.2) is 4.79 Å². The number of carbonyl (C=O) groups is 3. The Morgan fingerprint density at radius 3 is 2.35 bits per heavy atom. The molecule has 2 saturated heterocycles. The summed E-state index contributed by atoms with van der Waals surface area (Å²) < 4.78 is 0. The maximum absolute atomic E-state index is 12.7. The second-order valence-electron chi connectivity index (χ2n) is 7.50. The lowest BCUT2D eigenvalue weighted by Crippen LogP contribution is -2.44. The highest BCUT2D eigenvalue weighted by Gasteiger charge is 2.49. The summed E-state index contributed by atoms with van der Waals surface area (Å²) in [7, 11) is 0. The molecule has 26 heavy (non-hydrogen) atoms. The van der Waals surface area contributed by atoms with Gasteiger partial charge in [0.1, 0.15) is 11.8 Å². The van der Waals surface area contributed by atoms with E-state index in [1.807, 2.05) is 0 Å². The van der Waals surface area contributed by atoms with Crippen molar-refractivity contribution in [2.45, 2.75) is 39.2 Å². The highest BCUT2D eigenvalue weighted by Crippen LogP contribution is 2.43. The molecular formula is C19H24N2O5. The van der Waals surface area contributed by atoms with Crippen molar-refractivity contribution >= 4 is 17.8 Å². The van der Waals surface area contributed by atoms with Crippen LogP contribution in [-0.2, 0) is 9.59 Å².